The smallest absolute Gasteiger partial charge is 0.157 e. The van der Waals surface area contributed by atoms with E-state index in [-0.39, 0.29) is 0 Å². The lowest BCUT2D eigenvalue weighted by molar-refractivity contribution is 0.327. The van der Waals surface area contributed by atoms with Gasteiger partial charge in [-0.3, -0.25) is 4.99 Å². The predicted octanol–water partition coefficient (Wildman–Crippen LogP) is 4.06. The molecule has 3 heteroatoms. The molecule has 0 radical (unpaired) electrons. The minimum atomic E-state index is 0.681. The number of thioether (sulfide) groups is 1. The number of hydrogen-bond acceptors (Lipinski definition) is 3. The second kappa shape index (κ2) is 6.83. The number of nitrogens with one attached hydrogen (secondary N) is 1. The molecule has 0 saturated heterocycles. The van der Waals surface area contributed by atoms with Gasteiger partial charge in [-0.1, -0.05) is 58.2 Å². The number of nitrogens with zero attached hydrogens (tertiary/aromatic N) is 1. The molecule has 104 valence electrons. The summed E-state index contributed by atoms with van der Waals surface area (Å²) in [7, 11) is 0. The average Bonchev–Trinajstić information content (AvgIpc) is 2.79. The summed E-state index contributed by atoms with van der Waals surface area (Å²) >= 11 is 2.00. The Morgan fingerprint density at radius 3 is 2.78 bits per heavy atom. The first-order chi connectivity index (χ1) is 8.72. The van der Waals surface area contributed by atoms with Gasteiger partial charge in [0, 0.05) is 11.3 Å². The van der Waals surface area contributed by atoms with Crippen LogP contribution in [0, 0.1) is 11.8 Å². The van der Waals surface area contributed by atoms with E-state index in [9.17, 15) is 0 Å². The summed E-state index contributed by atoms with van der Waals surface area (Å²) in [6.45, 7) is 8.03. The Bertz CT molecular complexity index is 286. The van der Waals surface area contributed by atoms with E-state index >= 15 is 0 Å². The molecule has 0 amide bonds. The molecule has 3 atom stereocenters. The average molecular weight is 268 g/mol. The van der Waals surface area contributed by atoms with Crippen LogP contribution in [0.3, 0.4) is 0 Å². The molecule has 1 heterocycles. The second-order valence-electron chi connectivity index (χ2n) is 5.99. The topological polar surface area (TPSA) is 24.4 Å². The van der Waals surface area contributed by atoms with Gasteiger partial charge < -0.3 is 5.32 Å². The molecule has 1 N–H and O–H groups in total. The number of rotatable bonds is 4. The fourth-order valence-corrected chi connectivity index (χ4v) is 4.67. The lowest BCUT2D eigenvalue weighted by Crippen LogP contribution is -2.36. The molecule has 3 unspecified atom stereocenters. The van der Waals surface area contributed by atoms with E-state index < -0.39 is 0 Å². The van der Waals surface area contributed by atoms with Crippen molar-refractivity contribution in [3.8, 4) is 0 Å². The van der Waals surface area contributed by atoms with Gasteiger partial charge in [0.1, 0.15) is 0 Å². The highest BCUT2D eigenvalue weighted by Crippen LogP contribution is 2.31. The lowest BCUT2D eigenvalue weighted by atomic mass is 9.87. The van der Waals surface area contributed by atoms with Gasteiger partial charge in [-0.05, 0) is 24.7 Å². The van der Waals surface area contributed by atoms with Gasteiger partial charge in [0.25, 0.3) is 0 Å². The summed E-state index contributed by atoms with van der Waals surface area (Å²) in [5.74, 6) is 1.72. The molecule has 1 fully saturated rings. The fraction of sp³-hybridized carbons (Fsp3) is 0.933. The lowest BCUT2D eigenvalue weighted by Gasteiger charge is -2.28. The quantitative estimate of drug-likeness (QED) is 0.831. The molecule has 2 rings (SSSR count). The minimum absolute atomic E-state index is 0.681. The first-order valence-electron chi connectivity index (χ1n) is 7.70. The highest BCUT2D eigenvalue weighted by molar-refractivity contribution is 8.14. The van der Waals surface area contributed by atoms with Crippen molar-refractivity contribution >= 4 is 16.9 Å². The van der Waals surface area contributed by atoms with Crippen molar-refractivity contribution in [3.63, 3.8) is 0 Å². The normalized spacial score (nSPS) is 32.7. The zero-order chi connectivity index (χ0) is 13.0. The van der Waals surface area contributed by atoms with Crippen molar-refractivity contribution in [2.45, 2.75) is 70.6 Å². The highest BCUT2D eigenvalue weighted by atomic mass is 32.2. The van der Waals surface area contributed by atoms with Crippen LogP contribution in [-0.2, 0) is 0 Å². The van der Waals surface area contributed by atoms with Crippen molar-refractivity contribution in [1.82, 2.24) is 5.32 Å². The molecular weight excluding hydrogens is 240 g/mol. The molecule has 1 aliphatic carbocycles. The Morgan fingerprint density at radius 2 is 2.11 bits per heavy atom. The summed E-state index contributed by atoms with van der Waals surface area (Å²) in [6.07, 6.45) is 8.03. The molecule has 0 bridgehead atoms. The molecule has 0 aromatic rings. The van der Waals surface area contributed by atoms with E-state index in [1.807, 2.05) is 11.8 Å². The summed E-state index contributed by atoms with van der Waals surface area (Å²) in [5.41, 5.74) is 0. The monoisotopic (exact) mass is 268 g/mol. The van der Waals surface area contributed by atoms with E-state index in [1.165, 1.54) is 43.7 Å². The molecule has 0 aromatic carbocycles. The maximum absolute atomic E-state index is 4.72. The van der Waals surface area contributed by atoms with E-state index in [0.29, 0.717) is 6.04 Å². The zero-order valence-corrected chi connectivity index (χ0v) is 12.9. The van der Waals surface area contributed by atoms with Crippen molar-refractivity contribution in [2.24, 2.45) is 16.8 Å². The van der Waals surface area contributed by atoms with Crippen LogP contribution in [0.1, 0.15) is 59.3 Å². The maximum atomic E-state index is 4.72. The molecule has 2 nitrogen and oxygen atoms in total. The SMILES string of the molecule is CCC(CC)C1CN=C(NC2CCCC(C)C2)S1. The summed E-state index contributed by atoms with van der Waals surface area (Å²) in [5, 5.41) is 5.65. The Balaban J connectivity index is 1.78. The van der Waals surface area contributed by atoms with Crippen LogP contribution in [0.15, 0.2) is 4.99 Å². The van der Waals surface area contributed by atoms with E-state index in [2.05, 4.69) is 26.1 Å². The number of amidine groups is 1. The van der Waals surface area contributed by atoms with Crippen LogP contribution in [0.2, 0.25) is 0 Å². The molecule has 18 heavy (non-hydrogen) atoms. The molecule has 0 aromatic heterocycles. The maximum Gasteiger partial charge on any atom is 0.157 e. The van der Waals surface area contributed by atoms with Crippen LogP contribution in [0.4, 0.5) is 0 Å². The van der Waals surface area contributed by atoms with Crippen molar-refractivity contribution in [1.29, 1.82) is 0 Å². The zero-order valence-electron chi connectivity index (χ0n) is 12.1. The van der Waals surface area contributed by atoms with Gasteiger partial charge in [0.2, 0.25) is 0 Å². The molecule has 1 saturated carbocycles. The standard InChI is InChI=1S/C15H28N2S/c1-4-12(5-2)14-10-16-15(18-14)17-13-8-6-7-11(3)9-13/h11-14H,4-10H2,1-3H3,(H,16,17). The number of aliphatic imine (C=N–C) groups is 1. The Labute approximate surface area is 116 Å². The first-order valence-corrected chi connectivity index (χ1v) is 8.58. The van der Waals surface area contributed by atoms with Gasteiger partial charge in [-0.15, -0.1) is 0 Å². The first kappa shape index (κ1) is 14.2. The van der Waals surface area contributed by atoms with Gasteiger partial charge in [0.05, 0.1) is 6.54 Å². The minimum Gasteiger partial charge on any atom is -0.362 e. The van der Waals surface area contributed by atoms with Crippen LogP contribution >= 0.6 is 11.8 Å². The molecular formula is C15H28N2S. The summed E-state index contributed by atoms with van der Waals surface area (Å²) in [6, 6.07) is 0.681. The second-order valence-corrected chi connectivity index (χ2v) is 7.22. The number of hydrogen-bond donors (Lipinski definition) is 1. The van der Waals surface area contributed by atoms with Crippen LogP contribution in [0.25, 0.3) is 0 Å². The van der Waals surface area contributed by atoms with Gasteiger partial charge in [-0.25, -0.2) is 0 Å². The van der Waals surface area contributed by atoms with Crippen molar-refractivity contribution in [2.75, 3.05) is 6.54 Å². The molecule has 0 spiro atoms. The van der Waals surface area contributed by atoms with Crippen LogP contribution in [0.5, 0.6) is 0 Å². The van der Waals surface area contributed by atoms with E-state index in [1.54, 1.807) is 0 Å². The fourth-order valence-electron chi connectivity index (χ4n) is 3.27. The van der Waals surface area contributed by atoms with Crippen molar-refractivity contribution < 1.29 is 0 Å². The van der Waals surface area contributed by atoms with E-state index in [4.69, 9.17) is 4.99 Å². The highest BCUT2D eigenvalue weighted by Gasteiger charge is 2.28. The summed E-state index contributed by atoms with van der Waals surface area (Å²) < 4.78 is 0. The van der Waals surface area contributed by atoms with E-state index in [0.717, 1.165) is 23.6 Å². The third-order valence-electron chi connectivity index (χ3n) is 4.52. The van der Waals surface area contributed by atoms with Gasteiger partial charge in [-0.2, -0.15) is 0 Å². The van der Waals surface area contributed by atoms with Crippen molar-refractivity contribution in [3.05, 3.63) is 0 Å². The van der Waals surface area contributed by atoms with Gasteiger partial charge in [0.15, 0.2) is 5.17 Å². The Hall–Kier alpha value is -0.180. The Kier molecular flexibility index (Phi) is 5.40. The predicted molar refractivity (Wildman–Crippen MR) is 82.3 cm³/mol. The largest absolute Gasteiger partial charge is 0.362 e. The molecule has 1 aliphatic heterocycles. The Morgan fingerprint density at radius 1 is 1.33 bits per heavy atom. The van der Waals surface area contributed by atoms with Crippen LogP contribution < -0.4 is 5.32 Å². The molecule has 2 aliphatic rings. The third-order valence-corrected chi connectivity index (χ3v) is 5.82. The summed E-state index contributed by atoms with van der Waals surface area (Å²) in [4.78, 5) is 4.72. The third kappa shape index (κ3) is 3.66. The van der Waals surface area contributed by atoms with Crippen LogP contribution in [-0.4, -0.2) is 23.0 Å². The van der Waals surface area contributed by atoms with Gasteiger partial charge >= 0.3 is 0 Å².